The van der Waals surface area contributed by atoms with E-state index in [4.69, 9.17) is 25.4 Å². The Labute approximate surface area is 801 Å². The standard InChI is InChI=1S/C39H32FN7O4S.C26H23N5OS.C21H17N5OS.C16H14BrN3OS/c1-24-43-44-34-22-51-21-30-28(18-25-8-4-2-5-9-25)33(52-39(30)47(24)34)15-12-27-19-45(23-41-27)17-7-3-6-10-26-11-13-31(40)36-29(26)20-46(38(36)50)32-14-16-35(48)42-37(32)49;1-3-4-8-13-30-15-21(27-18-30)11-12-24-22(14-20-9-6-5-7-10-20)23-16-32-17-25-29-28-19(2)31(25)26(23)33-24;1-14-24-25-20-12-27-11-18-17(9-15-5-3-2-4-6-15)19(28-21(18)26(14)20)8-7-16-10-22-13-23-16;1-10-18-19-14-9-21-8-13-12(7-11-5-3-2-4-6-11)15(17)22-16(13)20(10)14/h2,4-5,8-9,11,13,19,23,32H,3,7,14,16-18,20-22H2,1H3,(H,42,48,49);1,5-7,9-10,15,18H,4,8,13-14,16-17H2,2H3;2-6,10,13H,9,11-12H2,1H3,(H,22,23);2-6H,7-9H2,1H3. The van der Waals surface area contributed by atoms with Crippen LogP contribution < -0.4 is 5.32 Å². The van der Waals surface area contributed by atoms with Crippen LogP contribution in [0.25, 0.3) is 20.0 Å². The molecule has 5 aromatic carbocycles. The van der Waals surface area contributed by atoms with Gasteiger partial charge < -0.3 is 38.0 Å². The van der Waals surface area contributed by atoms with Crippen molar-refractivity contribution >= 4 is 79.0 Å². The Hall–Kier alpha value is -14.3. The number of hydrogen-bond donors (Lipinski definition) is 2. The average Bonchev–Trinajstić information content (AvgIpc) is 1.66. The van der Waals surface area contributed by atoms with Crippen molar-refractivity contribution in [2.45, 2.75) is 170 Å². The molecule has 11 aromatic heterocycles. The van der Waals surface area contributed by atoms with Gasteiger partial charge in [0.2, 0.25) is 11.8 Å². The number of imidazole rings is 3. The topological polar surface area (TPSA) is 291 Å². The van der Waals surface area contributed by atoms with E-state index in [1.165, 1.54) is 66.0 Å². The van der Waals surface area contributed by atoms with E-state index in [9.17, 15) is 18.8 Å². The number of carbonyl (C=O) groups excluding carboxylic acids is 3. The van der Waals surface area contributed by atoms with Crippen molar-refractivity contribution < 1.29 is 37.7 Å². The Morgan fingerprint density at radius 3 is 1.32 bits per heavy atom. The second kappa shape index (κ2) is 41.1. The molecule has 0 saturated carbocycles. The van der Waals surface area contributed by atoms with Crippen LogP contribution in [0, 0.1) is 93.2 Å². The third kappa shape index (κ3) is 19.9. The summed E-state index contributed by atoms with van der Waals surface area (Å²) >= 11 is 10.4. The molecule has 2 N–H and O–H groups in total. The normalized spacial score (nSPS) is 14.1. The third-order valence-electron chi connectivity index (χ3n) is 23.5. The van der Waals surface area contributed by atoms with Crippen LogP contribution in [0.1, 0.15) is 205 Å². The van der Waals surface area contributed by atoms with Crippen LogP contribution in [-0.4, -0.2) is 117 Å². The van der Waals surface area contributed by atoms with Crippen LogP contribution in [0.3, 0.4) is 0 Å². The number of carbonyl (C=O) groups is 3. The average molecular weight is 1930 g/mol. The predicted molar refractivity (Wildman–Crippen MR) is 512 cm³/mol. The van der Waals surface area contributed by atoms with Crippen LogP contribution in [0.15, 0.2) is 175 Å². The van der Waals surface area contributed by atoms with E-state index in [-0.39, 0.29) is 30.9 Å². The van der Waals surface area contributed by atoms with E-state index in [1.807, 2.05) is 91.9 Å². The SMILES string of the molecule is C#CCCCn1cnc(C#Cc2sc3c(c2Cc2ccccc2)COCc2nnc(C)n2-3)c1.Cc1nnc2n1-c1sc(Br)c(Cc3ccccc3)c1COC2.Cc1nnc2n1-c1sc(C#Cc3cn(CCCC#Cc4ccc(F)c5c4CN(C4CCC(=O)NC4=O)C5=O)cn3)c(Cc3ccccc3)c1COC2.Cc1nnc2n1-c1sc(C#Cc3cnc[nH]3)c(Cc3ccccc3)c1COC2. The summed E-state index contributed by atoms with van der Waals surface area (Å²) in [5.74, 6) is 33.4. The molecule has 6 aliphatic heterocycles. The maximum absolute atomic E-state index is 14.8. The molecule has 33 heteroatoms. The van der Waals surface area contributed by atoms with Crippen molar-refractivity contribution in [3.63, 3.8) is 0 Å². The molecule has 1 unspecified atom stereocenters. The Morgan fingerprint density at radius 1 is 0.481 bits per heavy atom. The van der Waals surface area contributed by atoms with E-state index >= 15 is 0 Å². The molecule has 674 valence electrons. The highest BCUT2D eigenvalue weighted by Gasteiger charge is 2.42. The number of fused-ring (bicyclic) bond motifs is 13. The molecular weight excluding hydrogens is 1840 g/mol. The first-order chi connectivity index (χ1) is 66.1. The largest absolute Gasteiger partial charge is 0.369 e. The summed E-state index contributed by atoms with van der Waals surface area (Å²) in [6, 6.07) is 43.7. The van der Waals surface area contributed by atoms with E-state index in [1.54, 1.807) is 70.3 Å². The Morgan fingerprint density at radius 2 is 0.896 bits per heavy atom. The van der Waals surface area contributed by atoms with E-state index < -0.39 is 23.7 Å². The number of H-pyrrole nitrogens is 1. The maximum Gasteiger partial charge on any atom is 0.258 e. The summed E-state index contributed by atoms with van der Waals surface area (Å²) in [6.07, 6.45) is 22.7. The molecule has 1 fully saturated rings. The monoisotopic (exact) mass is 1930 g/mol. The number of hydrogen-bond acceptors (Lipinski definition) is 22. The number of aromatic amines is 1. The van der Waals surface area contributed by atoms with Crippen LogP contribution in [0.4, 0.5) is 4.39 Å². The van der Waals surface area contributed by atoms with E-state index in [0.29, 0.717) is 82.6 Å². The lowest BCUT2D eigenvalue weighted by Crippen LogP contribution is -2.52. The summed E-state index contributed by atoms with van der Waals surface area (Å²) in [7, 11) is 0. The first-order valence-corrected chi connectivity index (χ1v) is 48.0. The van der Waals surface area contributed by atoms with E-state index in [0.717, 1.165) is 160 Å². The summed E-state index contributed by atoms with van der Waals surface area (Å²) in [5, 5.41) is 40.8. The minimum Gasteiger partial charge on any atom is -0.369 e. The van der Waals surface area contributed by atoms with Crippen molar-refractivity contribution in [1.82, 2.24) is 98.3 Å². The molecule has 6 aliphatic rings. The number of piperidine rings is 1. The van der Waals surface area contributed by atoms with Gasteiger partial charge in [-0.05, 0) is 181 Å². The molecular formula is C102H86BrFN20O7S4. The summed E-state index contributed by atoms with van der Waals surface area (Å²) in [6.45, 7) is 13.4. The van der Waals surface area contributed by atoms with Gasteiger partial charge in [0.15, 0.2) is 23.3 Å². The molecule has 135 heavy (non-hydrogen) atoms. The van der Waals surface area contributed by atoms with Crippen LogP contribution in [0.2, 0.25) is 0 Å². The Balaban J connectivity index is 0.000000122. The number of aromatic nitrogens is 18. The summed E-state index contributed by atoms with van der Waals surface area (Å²) in [5.41, 5.74) is 17.7. The number of nitrogens with one attached hydrogen (secondary N) is 2. The van der Waals surface area contributed by atoms with Gasteiger partial charge >= 0.3 is 0 Å². The highest BCUT2D eigenvalue weighted by molar-refractivity contribution is 9.11. The highest BCUT2D eigenvalue weighted by Crippen LogP contribution is 2.44. The van der Waals surface area contributed by atoms with Gasteiger partial charge in [-0.1, -0.05) is 133 Å². The summed E-state index contributed by atoms with van der Waals surface area (Å²) in [4.78, 5) is 57.5. The van der Waals surface area contributed by atoms with Gasteiger partial charge in [-0.2, -0.15) is 0 Å². The quantitative estimate of drug-likeness (QED) is 0.0547. The molecule has 3 amide bonds. The lowest BCUT2D eigenvalue weighted by atomic mass is 10.0. The molecule has 1 saturated heterocycles. The lowest BCUT2D eigenvalue weighted by molar-refractivity contribution is -0.136. The van der Waals surface area contributed by atoms with Crippen LogP contribution >= 0.6 is 61.3 Å². The molecule has 0 radical (unpaired) electrons. The Bertz CT molecular complexity index is 7450. The molecule has 1 atom stereocenters. The Kier molecular flexibility index (Phi) is 27.4. The van der Waals surface area contributed by atoms with Crippen molar-refractivity contribution in [2.24, 2.45) is 0 Å². The number of imide groups is 1. The fraction of sp³-hybridized carbons (Fsp3) is 0.255. The van der Waals surface area contributed by atoms with Crippen molar-refractivity contribution in [3.05, 3.63) is 342 Å². The first kappa shape index (κ1) is 89.9. The van der Waals surface area contributed by atoms with Gasteiger partial charge in [0.1, 0.15) is 98.7 Å². The zero-order valence-electron chi connectivity index (χ0n) is 74.0. The number of benzene rings is 5. The van der Waals surface area contributed by atoms with Crippen molar-refractivity contribution in [3.8, 4) is 79.7 Å². The van der Waals surface area contributed by atoms with Gasteiger partial charge in [0.25, 0.3) is 5.91 Å². The predicted octanol–water partition coefficient (Wildman–Crippen LogP) is 16.3. The van der Waals surface area contributed by atoms with Crippen LogP contribution in [0.5, 0.6) is 0 Å². The minimum atomic E-state index is -0.818. The third-order valence-corrected chi connectivity index (χ3v) is 29.1. The molecule has 27 nitrogen and oxygen atoms in total. The number of thiophene rings is 4. The zero-order chi connectivity index (χ0) is 92.4. The van der Waals surface area contributed by atoms with Gasteiger partial charge in [-0.25, -0.2) is 19.3 Å². The number of rotatable bonds is 15. The fourth-order valence-corrected chi connectivity index (χ4v) is 22.6. The second-order valence-electron chi connectivity index (χ2n) is 32.6. The van der Waals surface area contributed by atoms with Gasteiger partial charge in [-0.3, -0.25) is 38.0 Å². The number of aryl methyl sites for hydroxylation is 6. The molecule has 22 rings (SSSR count). The molecule has 0 spiro atoms. The second-order valence-corrected chi connectivity index (χ2v) is 37.9. The van der Waals surface area contributed by atoms with E-state index in [2.05, 4.69) is 238 Å². The molecule has 0 bridgehead atoms. The molecule has 0 aliphatic carbocycles. The van der Waals surface area contributed by atoms with Crippen LogP contribution in [-0.2, 0) is 127 Å². The molecule has 17 heterocycles. The fourth-order valence-electron chi connectivity index (χ4n) is 16.9. The summed E-state index contributed by atoms with van der Waals surface area (Å²) < 4.78 is 52.1. The first-order valence-electron chi connectivity index (χ1n) is 43.9. The van der Waals surface area contributed by atoms with Gasteiger partial charge in [0.05, 0.1) is 75.6 Å². The number of unbranched alkanes of at least 4 members (excludes halogenated alkanes) is 2. The smallest absolute Gasteiger partial charge is 0.258 e. The van der Waals surface area contributed by atoms with Gasteiger partial charge in [-0.15, -0.1) is 98.5 Å². The number of terminal acetylenes is 1. The van der Waals surface area contributed by atoms with Crippen molar-refractivity contribution in [2.75, 3.05) is 0 Å². The number of amides is 3. The molecule has 16 aromatic rings. The zero-order valence-corrected chi connectivity index (χ0v) is 78.8. The number of nitrogens with zero attached hydrogens (tertiary/aromatic N) is 18. The van der Waals surface area contributed by atoms with Gasteiger partial charge in [0, 0.05) is 84.7 Å². The minimum absolute atomic E-state index is 0.0547. The lowest BCUT2D eigenvalue weighted by Gasteiger charge is -2.29. The highest BCUT2D eigenvalue weighted by atomic mass is 79.9. The number of ether oxygens (including phenoxy) is 4. The van der Waals surface area contributed by atoms with Crippen molar-refractivity contribution in [1.29, 1.82) is 0 Å². The maximum atomic E-state index is 14.8. The number of halogens is 2.